The molecule has 4 aromatic rings. The fourth-order valence-electron chi connectivity index (χ4n) is 3.50. The van der Waals surface area contributed by atoms with E-state index in [9.17, 15) is 0 Å². The van der Waals surface area contributed by atoms with Gasteiger partial charge in [-0.05, 0) is 68.3 Å². The van der Waals surface area contributed by atoms with Crippen LogP contribution < -0.4 is 0 Å². The third kappa shape index (κ3) is 3.05. The lowest BCUT2D eigenvalue weighted by Crippen LogP contribution is -1.87. The van der Waals surface area contributed by atoms with Crippen LogP contribution in [0.15, 0.2) is 72.8 Å². The lowest BCUT2D eigenvalue weighted by atomic mass is 9.95. The molecule has 0 aliphatic carbocycles. The van der Waals surface area contributed by atoms with Gasteiger partial charge in [-0.25, -0.2) is 0 Å². The summed E-state index contributed by atoms with van der Waals surface area (Å²) in [4.78, 5) is 0. The van der Waals surface area contributed by atoms with Crippen LogP contribution in [0, 0.1) is 0 Å². The van der Waals surface area contributed by atoms with Crippen molar-refractivity contribution in [3.63, 3.8) is 0 Å². The summed E-state index contributed by atoms with van der Waals surface area (Å²) in [5, 5.41) is 5.27. The average molecular weight is 324 g/mol. The van der Waals surface area contributed by atoms with Crippen LogP contribution in [0.5, 0.6) is 0 Å². The highest BCUT2D eigenvalue weighted by Gasteiger charge is 2.04. The molecule has 0 fully saturated rings. The van der Waals surface area contributed by atoms with E-state index in [1.807, 2.05) is 0 Å². The van der Waals surface area contributed by atoms with Crippen LogP contribution in [-0.2, 0) is 6.42 Å². The van der Waals surface area contributed by atoms with Crippen LogP contribution in [0.1, 0.15) is 37.8 Å². The SMILES string of the molecule is CCc1ccc2cc(-c3ccc4cc(C(C)C)ccc4c3)ccc2c1. The molecule has 0 spiro atoms. The summed E-state index contributed by atoms with van der Waals surface area (Å²) in [7, 11) is 0. The molecule has 0 aromatic heterocycles. The lowest BCUT2D eigenvalue weighted by molar-refractivity contribution is 0.869. The number of rotatable bonds is 3. The summed E-state index contributed by atoms with van der Waals surface area (Å²) in [6.45, 7) is 6.69. The normalized spacial score (nSPS) is 11.5. The van der Waals surface area contributed by atoms with E-state index in [-0.39, 0.29) is 0 Å². The Labute approximate surface area is 150 Å². The Morgan fingerprint density at radius 1 is 0.600 bits per heavy atom. The minimum atomic E-state index is 0.567. The maximum atomic E-state index is 2.32. The van der Waals surface area contributed by atoms with Gasteiger partial charge >= 0.3 is 0 Å². The molecule has 0 amide bonds. The number of hydrogen-bond acceptors (Lipinski definition) is 0. The zero-order valence-corrected chi connectivity index (χ0v) is 15.2. The van der Waals surface area contributed by atoms with Gasteiger partial charge in [0.2, 0.25) is 0 Å². The van der Waals surface area contributed by atoms with E-state index in [2.05, 4.69) is 93.6 Å². The van der Waals surface area contributed by atoms with E-state index in [1.165, 1.54) is 43.8 Å². The van der Waals surface area contributed by atoms with Crippen LogP contribution in [-0.4, -0.2) is 0 Å². The predicted molar refractivity (Wildman–Crippen MR) is 110 cm³/mol. The Morgan fingerprint density at radius 2 is 1.12 bits per heavy atom. The van der Waals surface area contributed by atoms with Gasteiger partial charge in [-0.2, -0.15) is 0 Å². The molecular weight excluding hydrogens is 300 g/mol. The van der Waals surface area contributed by atoms with E-state index in [0.29, 0.717) is 5.92 Å². The number of benzene rings is 4. The first-order valence-electron chi connectivity index (χ1n) is 9.21. The Bertz CT molecular complexity index is 1050. The van der Waals surface area contributed by atoms with Crippen LogP contribution in [0.3, 0.4) is 0 Å². The molecule has 0 heterocycles. The molecule has 0 atom stereocenters. The lowest BCUT2D eigenvalue weighted by Gasteiger charge is -2.10. The first kappa shape index (κ1) is 15.9. The van der Waals surface area contributed by atoms with E-state index < -0.39 is 0 Å². The van der Waals surface area contributed by atoms with Gasteiger partial charge in [-0.15, -0.1) is 0 Å². The van der Waals surface area contributed by atoms with E-state index in [1.54, 1.807) is 0 Å². The van der Waals surface area contributed by atoms with Crippen molar-refractivity contribution >= 4 is 21.5 Å². The van der Waals surface area contributed by atoms with Gasteiger partial charge in [0.05, 0.1) is 0 Å². The quantitative estimate of drug-likeness (QED) is 0.369. The van der Waals surface area contributed by atoms with Crippen molar-refractivity contribution in [2.24, 2.45) is 0 Å². The maximum Gasteiger partial charge on any atom is -0.0177 e. The first-order valence-corrected chi connectivity index (χ1v) is 9.21. The van der Waals surface area contributed by atoms with Crippen molar-refractivity contribution in [3.05, 3.63) is 83.9 Å². The highest BCUT2D eigenvalue weighted by Crippen LogP contribution is 2.29. The summed E-state index contributed by atoms with van der Waals surface area (Å²) in [6.07, 6.45) is 1.08. The molecule has 4 rings (SSSR count). The van der Waals surface area contributed by atoms with Crippen molar-refractivity contribution in [2.45, 2.75) is 33.1 Å². The fraction of sp³-hybridized carbons (Fsp3) is 0.200. The van der Waals surface area contributed by atoms with Crippen LogP contribution in [0.4, 0.5) is 0 Å². The predicted octanol–water partition coefficient (Wildman–Crippen LogP) is 7.35. The molecule has 0 bridgehead atoms. The Balaban J connectivity index is 1.78. The van der Waals surface area contributed by atoms with Gasteiger partial charge in [0.25, 0.3) is 0 Å². The summed E-state index contributed by atoms with van der Waals surface area (Å²) in [6, 6.07) is 27.2. The summed E-state index contributed by atoms with van der Waals surface area (Å²) in [5.74, 6) is 0.567. The van der Waals surface area contributed by atoms with Crippen molar-refractivity contribution < 1.29 is 0 Å². The molecule has 4 aromatic carbocycles. The van der Waals surface area contributed by atoms with Gasteiger partial charge in [-0.3, -0.25) is 0 Å². The van der Waals surface area contributed by atoms with E-state index >= 15 is 0 Å². The number of fused-ring (bicyclic) bond motifs is 2. The molecule has 0 saturated heterocycles. The zero-order chi connectivity index (χ0) is 17.4. The molecule has 25 heavy (non-hydrogen) atoms. The molecule has 0 radical (unpaired) electrons. The van der Waals surface area contributed by atoms with Crippen LogP contribution >= 0.6 is 0 Å². The van der Waals surface area contributed by atoms with Crippen LogP contribution in [0.2, 0.25) is 0 Å². The van der Waals surface area contributed by atoms with Gasteiger partial charge in [0, 0.05) is 0 Å². The summed E-state index contributed by atoms with van der Waals surface area (Å²) in [5.41, 5.74) is 5.36. The largest absolute Gasteiger partial charge is 0.0613 e. The van der Waals surface area contributed by atoms with Crippen LogP contribution in [0.25, 0.3) is 32.7 Å². The molecule has 0 unspecified atom stereocenters. The summed E-state index contributed by atoms with van der Waals surface area (Å²) >= 11 is 0. The Hall–Kier alpha value is -2.60. The molecule has 0 N–H and O–H groups in total. The van der Waals surface area contributed by atoms with Crippen molar-refractivity contribution in [3.8, 4) is 11.1 Å². The van der Waals surface area contributed by atoms with E-state index in [4.69, 9.17) is 0 Å². The van der Waals surface area contributed by atoms with Gasteiger partial charge < -0.3 is 0 Å². The fourth-order valence-corrected chi connectivity index (χ4v) is 3.50. The topological polar surface area (TPSA) is 0 Å². The monoisotopic (exact) mass is 324 g/mol. The zero-order valence-electron chi connectivity index (χ0n) is 15.2. The first-order chi connectivity index (χ1) is 12.1. The average Bonchev–Trinajstić information content (AvgIpc) is 2.66. The van der Waals surface area contributed by atoms with Gasteiger partial charge in [-0.1, -0.05) is 81.4 Å². The summed E-state index contributed by atoms with van der Waals surface area (Å²) < 4.78 is 0. The number of hydrogen-bond donors (Lipinski definition) is 0. The second kappa shape index (κ2) is 6.37. The minimum Gasteiger partial charge on any atom is -0.0613 e. The molecular formula is C25H24. The third-order valence-corrected chi connectivity index (χ3v) is 5.18. The second-order valence-corrected chi connectivity index (χ2v) is 7.23. The highest BCUT2D eigenvalue weighted by atomic mass is 14.1. The standard InChI is InChI=1S/C25H24/c1-4-18-5-6-21-15-24(10-9-20(21)13-18)25-12-11-22-14-19(17(2)3)7-8-23(22)16-25/h5-17H,4H2,1-3H3. The van der Waals surface area contributed by atoms with Crippen molar-refractivity contribution in [1.82, 2.24) is 0 Å². The maximum absolute atomic E-state index is 2.32. The van der Waals surface area contributed by atoms with Gasteiger partial charge in [0.1, 0.15) is 0 Å². The third-order valence-electron chi connectivity index (χ3n) is 5.18. The van der Waals surface area contributed by atoms with E-state index in [0.717, 1.165) is 6.42 Å². The molecule has 124 valence electrons. The molecule has 0 aliphatic rings. The molecule has 0 nitrogen and oxygen atoms in total. The second-order valence-electron chi connectivity index (χ2n) is 7.23. The molecule has 0 aliphatic heterocycles. The van der Waals surface area contributed by atoms with Crippen molar-refractivity contribution in [2.75, 3.05) is 0 Å². The highest BCUT2D eigenvalue weighted by molar-refractivity contribution is 5.91. The Morgan fingerprint density at radius 3 is 1.72 bits per heavy atom. The molecule has 0 saturated carbocycles. The van der Waals surface area contributed by atoms with Crippen molar-refractivity contribution in [1.29, 1.82) is 0 Å². The number of aryl methyl sites for hydroxylation is 1. The Kier molecular flexibility index (Phi) is 4.05. The van der Waals surface area contributed by atoms with Gasteiger partial charge in [0.15, 0.2) is 0 Å². The molecule has 0 heteroatoms. The smallest absolute Gasteiger partial charge is 0.0177 e. The minimum absolute atomic E-state index is 0.567.